The van der Waals surface area contributed by atoms with E-state index >= 15 is 0 Å². The van der Waals surface area contributed by atoms with Crippen molar-refractivity contribution in [1.29, 1.82) is 0 Å². The summed E-state index contributed by atoms with van der Waals surface area (Å²) in [4.78, 5) is 13.8. The van der Waals surface area contributed by atoms with Crippen LogP contribution in [0.5, 0.6) is 0 Å². The number of H-pyrrole nitrogens is 1. The van der Waals surface area contributed by atoms with Crippen LogP contribution in [-0.2, 0) is 9.47 Å². The molecule has 1 aromatic carbocycles. The monoisotopic (exact) mass is 456 g/mol. The molecule has 0 amide bonds. The lowest BCUT2D eigenvalue weighted by Gasteiger charge is -2.29. The maximum atomic E-state index is 5.55. The van der Waals surface area contributed by atoms with Crippen molar-refractivity contribution in [2.24, 2.45) is 10.9 Å². The number of hydrogen-bond donors (Lipinski definition) is 1. The summed E-state index contributed by atoms with van der Waals surface area (Å²) in [6, 6.07) is 7.32. The zero-order chi connectivity index (χ0) is 21.9. The van der Waals surface area contributed by atoms with E-state index in [-0.39, 0.29) is 0 Å². The lowest BCUT2D eigenvalue weighted by atomic mass is 9.99. The van der Waals surface area contributed by atoms with Crippen molar-refractivity contribution in [3.8, 4) is 0 Å². The van der Waals surface area contributed by atoms with Gasteiger partial charge in [-0.3, -0.25) is 9.89 Å². The lowest BCUT2D eigenvalue weighted by Crippen LogP contribution is -2.37. The number of nitrogens with zero attached hydrogens (tertiary/aromatic N) is 3. The number of thioether (sulfide) groups is 1. The molecule has 0 radical (unpaired) electrons. The number of morpholine rings is 1. The third-order valence-corrected chi connectivity index (χ3v) is 8.11. The number of benzene rings is 1. The van der Waals surface area contributed by atoms with Crippen molar-refractivity contribution >= 4 is 33.4 Å². The lowest BCUT2D eigenvalue weighted by molar-refractivity contribution is 0.0369. The number of anilines is 1. The highest BCUT2D eigenvalue weighted by Crippen LogP contribution is 2.33. The van der Waals surface area contributed by atoms with Crippen LogP contribution < -0.4 is 4.90 Å². The molecule has 1 atom stereocenters. The fraction of sp³-hybridized carbons (Fsp3) is 0.640. The number of rotatable bonds is 7. The van der Waals surface area contributed by atoms with Gasteiger partial charge in [0.25, 0.3) is 0 Å². The quantitative estimate of drug-likeness (QED) is 0.684. The zero-order valence-electron chi connectivity index (χ0n) is 19.4. The molecule has 32 heavy (non-hydrogen) atoms. The van der Waals surface area contributed by atoms with Gasteiger partial charge in [0.1, 0.15) is 5.04 Å². The van der Waals surface area contributed by atoms with Gasteiger partial charge in [0.2, 0.25) is 0 Å². The zero-order valence-corrected chi connectivity index (χ0v) is 20.3. The minimum Gasteiger partial charge on any atom is -0.381 e. The Morgan fingerprint density at radius 3 is 2.72 bits per heavy atom. The van der Waals surface area contributed by atoms with Gasteiger partial charge in [-0.25, -0.2) is 0 Å². The second kappa shape index (κ2) is 10.2. The summed E-state index contributed by atoms with van der Waals surface area (Å²) in [5.74, 6) is 1.80. The molecule has 0 spiro atoms. The molecule has 2 fully saturated rings. The predicted octanol–water partition coefficient (Wildman–Crippen LogP) is 3.92. The van der Waals surface area contributed by atoms with Gasteiger partial charge >= 0.3 is 0 Å². The van der Waals surface area contributed by atoms with E-state index in [9.17, 15) is 0 Å². The van der Waals surface area contributed by atoms with E-state index in [1.807, 2.05) is 11.8 Å². The molecule has 4 heterocycles. The highest BCUT2D eigenvalue weighted by atomic mass is 32.2. The Bertz CT molecular complexity index is 947. The van der Waals surface area contributed by atoms with E-state index in [1.165, 1.54) is 32.9 Å². The van der Waals surface area contributed by atoms with Gasteiger partial charge in [0.05, 0.1) is 36.2 Å². The first-order valence-corrected chi connectivity index (χ1v) is 13.1. The SMILES string of the molecule is Cc1cc(N(C)CC2CCOCC2)c2[nH]c(C3=N[C@@H](CCN4CCOCC4)CS3)cc2c1. The van der Waals surface area contributed by atoms with E-state index in [1.54, 1.807) is 0 Å². The van der Waals surface area contributed by atoms with E-state index in [0.717, 1.165) is 77.6 Å². The fourth-order valence-corrected chi connectivity index (χ4v) is 6.15. The maximum absolute atomic E-state index is 5.55. The van der Waals surface area contributed by atoms with E-state index in [4.69, 9.17) is 14.5 Å². The van der Waals surface area contributed by atoms with Crippen molar-refractivity contribution in [2.45, 2.75) is 32.2 Å². The van der Waals surface area contributed by atoms with Crippen molar-refractivity contribution in [3.05, 3.63) is 29.5 Å². The highest BCUT2D eigenvalue weighted by molar-refractivity contribution is 8.14. The minimum absolute atomic E-state index is 0.418. The maximum Gasteiger partial charge on any atom is 0.114 e. The van der Waals surface area contributed by atoms with E-state index in [0.29, 0.717) is 12.0 Å². The van der Waals surface area contributed by atoms with Crippen molar-refractivity contribution < 1.29 is 9.47 Å². The molecule has 2 saturated heterocycles. The summed E-state index contributed by atoms with van der Waals surface area (Å²) in [5, 5.41) is 2.46. The van der Waals surface area contributed by atoms with Crippen LogP contribution >= 0.6 is 11.8 Å². The number of aliphatic imine (C=N–C) groups is 1. The second-order valence-corrected chi connectivity index (χ2v) is 10.5. The summed E-state index contributed by atoms with van der Waals surface area (Å²) in [5.41, 5.74) is 5.01. The summed E-state index contributed by atoms with van der Waals surface area (Å²) >= 11 is 1.90. The summed E-state index contributed by atoms with van der Waals surface area (Å²) < 4.78 is 11.0. The van der Waals surface area contributed by atoms with Gasteiger partial charge in [-0.1, -0.05) is 0 Å². The molecule has 0 aliphatic carbocycles. The number of nitrogens with one attached hydrogen (secondary N) is 1. The molecule has 7 heteroatoms. The number of hydrogen-bond acceptors (Lipinski definition) is 6. The Morgan fingerprint density at radius 1 is 1.12 bits per heavy atom. The molecular formula is C25H36N4O2S. The third-order valence-electron chi connectivity index (χ3n) is 6.96. The summed E-state index contributed by atoms with van der Waals surface area (Å²) in [6.07, 6.45) is 3.46. The van der Waals surface area contributed by atoms with Gasteiger partial charge in [0, 0.05) is 57.6 Å². The topological polar surface area (TPSA) is 53.1 Å². The second-order valence-electron chi connectivity index (χ2n) is 9.51. The van der Waals surface area contributed by atoms with Crippen LogP contribution in [-0.4, -0.2) is 86.4 Å². The van der Waals surface area contributed by atoms with Gasteiger partial charge < -0.3 is 19.4 Å². The Morgan fingerprint density at radius 2 is 1.91 bits per heavy atom. The molecule has 0 saturated carbocycles. The molecule has 6 nitrogen and oxygen atoms in total. The smallest absolute Gasteiger partial charge is 0.114 e. The Kier molecular flexibility index (Phi) is 7.07. The van der Waals surface area contributed by atoms with Crippen LogP contribution in [0.15, 0.2) is 23.2 Å². The van der Waals surface area contributed by atoms with Crippen LogP contribution in [0.3, 0.4) is 0 Å². The molecular weight excluding hydrogens is 420 g/mol. The number of fused-ring (bicyclic) bond motifs is 1. The van der Waals surface area contributed by atoms with Crippen LogP contribution in [0, 0.1) is 12.8 Å². The molecule has 174 valence electrons. The average molecular weight is 457 g/mol. The van der Waals surface area contributed by atoms with Crippen molar-refractivity contribution in [3.63, 3.8) is 0 Å². The van der Waals surface area contributed by atoms with Crippen LogP contribution in [0.4, 0.5) is 5.69 Å². The average Bonchev–Trinajstić information content (AvgIpc) is 3.45. The third kappa shape index (κ3) is 5.16. The Balaban J connectivity index is 1.30. The predicted molar refractivity (Wildman–Crippen MR) is 135 cm³/mol. The number of aromatic amines is 1. The molecule has 1 N–H and O–H groups in total. The summed E-state index contributed by atoms with van der Waals surface area (Å²) in [7, 11) is 2.23. The molecule has 2 aromatic rings. The van der Waals surface area contributed by atoms with Gasteiger partial charge in [-0.15, -0.1) is 11.8 Å². The Hall–Kier alpha value is -1.54. The molecule has 3 aliphatic heterocycles. The van der Waals surface area contributed by atoms with Crippen LogP contribution in [0.1, 0.15) is 30.5 Å². The van der Waals surface area contributed by atoms with E-state index in [2.05, 4.69) is 47.0 Å². The van der Waals surface area contributed by atoms with Crippen LogP contribution in [0.2, 0.25) is 0 Å². The number of aryl methyl sites for hydroxylation is 1. The largest absolute Gasteiger partial charge is 0.381 e. The van der Waals surface area contributed by atoms with Gasteiger partial charge in [0.15, 0.2) is 0 Å². The van der Waals surface area contributed by atoms with Gasteiger partial charge in [-0.05, 0) is 55.9 Å². The van der Waals surface area contributed by atoms with Crippen molar-refractivity contribution in [1.82, 2.24) is 9.88 Å². The number of ether oxygens (including phenoxy) is 2. The highest BCUT2D eigenvalue weighted by Gasteiger charge is 2.23. The molecule has 5 rings (SSSR count). The first kappa shape index (κ1) is 22.3. The standard InChI is InChI=1S/C25H36N4O2S/c1-18-13-20-15-22(25-26-21(17-32-25)3-6-29-7-11-31-12-8-29)27-24(20)23(14-18)28(2)16-19-4-9-30-10-5-19/h13-15,19,21,27H,3-12,16-17H2,1-2H3/t21-/m0/s1. The van der Waals surface area contributed by atoms with E-state index < -0.39 is 0 Å². The number of aromatic nitrogens is 1. The van der Waals surface area contributed by atoms with Gasteiger partial charge in [-0.2, -0.15) is 0 Å². The molecule has 3 aliphatic rings. The van der Waals surface area contributed by atoms with Crippen LogP contribution in [0.25, 0.3) is 10.9 Å². The molecule has 0 bridgehead atoms. The fourth-order valence-electron chi connectivity index (χ4n) is 5.07. The first-order valence-electron chi connectivity index (χ1n) is 12.1. The summed E-state index contributed by atoms with van der Waals surface area (Å²) in [6.45, 7) is 10.1. The Labute approximate surface area is 195 Å². The minimum atomic E-state index is 0.418. The first-order chi connectivity index (χ1) is 15.7. The molecule has 1 aromatic heterocycles. The van der Waals surface area contributed by atoms with Crippen molar-refractivity contribution in [2.75, 3.05) is 70.3 Å². The molecule has 0 unspecified atom stereocenters. The normalized spacial score (nSPS) is 23.1.